The Morgan fingerprint density at radius 2 is 2.30 bits per heavy atom. The number of nitrogens with one attached hydrogen (secondary N) is 1. The molecule has 4 rings (SSSR count). The highest BCUT2D eigenvalue weighted by Crippen LogP contribution is 2.22. The number of nitrogens with zero attached hydrogens (tertiary/aromatic N) is 5. The van der Waals surface area contributed by atoms with E-state index in [1.54, 1.807) is 6.26 Å². The fourth-order valence-electron chi connectivity index (χ4n) is 4.38. The normalized spacial score (nSPS) is 23.3. The van der Waals surface area contributed by atoms with Gasteiger partial charge in [0.15, 0.2) is 5.96 Å². The first-order valence-corrected chi connectivity index (χ1v) is 11.1. The minimum absolute atomic E-state index is 0.0168. The lowest BCUT2D eigenvalue weighted by atomic mass is 10.1. The van der Waals surface area contributed by atoms with Gasteiger partial charge in [-0.15, -0.1) is 0 Å². The predicted molar refractivity (Wildman–Crippen MR) is 116 cm³/mol. The number of aromatic nitrogens is 2. The second-order valence-electron chi connectivity index (χ2n) is 8.10. The highest BCUT2D eigenvalue weighted by molar-refractivity contribution is 5.80. The van der Waals surface area contributed by atoms with Gasteiger partial charge < -0.3 is 19.4 Å². The molecule has 2 fully saturated rings. The van der Waals surface area contributed by atoms with E-state index >= 15 is 0 Å². The van der Waals surface area contributed by atoms with Crippen LogP contribution in [0.3, 0.4) is 0 Å². The molecule has 2 aromatic rings. The van der Waals surface area contributed by atoms with E-state index in [1.165, 1.54) is 19.4 Å². The van der Waals surface area contributed by atoms with Crippen LogP contribution >= 0.6 is 0 Å². The van der Waals surface area contributed by atoms with Crippen LogP contribution in [0.2, 0.25) is 0 Å². The molecule has 2 unspecified atom stereocenters. The molecule has 164 valence electrons. The molecule has 2 aliphatic rings. The molecule has 0 aliphatic carbocycles. The van der Waals surface area contributed by atoms with Gasteiger partial charge in [-0.05, 0) is 38.1 Å². The molecule has 2 aromatic heterocycles. The van der Waals surface area contributed by atoms with Gasteiger partial charge >= 0.3 is 0 Å². The van der Waals surface area contributed by atoms with Gasteiger partial charge in [0.25, 0.3) is 0 Å². The van der Waals surface area contributed by atoms with Crippen molar-refractivity contribution in [1.29, 1.82) is 0 Å². The zero-order valence-electron chi connectivity index (χ0n) is 18.2. The van der Waals surface area contributed by atoms with E-state index in [9.17, 15) is 0 Å². The summed E-state index contributed by atoms with van der Waals surface area (Å²) in [5.41, 5.74) is 1.12. The fraction of sp³-hybridized carbons (Fsp3) is 0.636. The van der Waals surface area contributed by atoms with Crippen molar-refractivity contribution in [3.63, 3.8) is 0 Å². The molecule has 30 heavy (non-hydrogen) atoms. The van der Waals surface area contributed by atoms with Crippen molar-refractivity contribution >= 4 is 5.96 Å². The lowest BCUT2D eigenvalue weighted by molar-refractivity contribution is -0.00809. The first kappa shape index (κ1) is 20.9. The molecule has 1 N–H and O–H groups in total. The molecule has 0 saturated carbocycles. The average Bonchev–Trinajstić information content (AvgIpc) is 3.52. The van der Waals surface area contributed by atoms with Crippen molar-refractivity contribution in [1.82, 2.24) is 24.9 Å². The number of morpholine rings is 1. The zero-order chi connectivity index (χ0) is 20.8. The number of aliphatic imine (C=N–C) groups is 1. The number of hydrogen-bond acceptors (Lipinski definition) is 5. The summed E-state index contributed by atoms with van der Waals surface area (Å²) < 4.78 is 13.3. The summed E-state index contributed by atoms with van der Waals surface area (Å²) >= 11 is 0. The van der Waals surface area contributed by atoms with Crippen molar-refractivity contribution in [3.05, 3.63) is 42.1 Å². The topological polar surface area (TPSA) is 71.1 Å². The lowest BCUT2D eigenvalue weighted by Crippen LogP contribution is -2.49. The SMILES string of the molecule is CCN1CCCC1CN=C(NCCc1ccco1)N1CCOC(c2cnn(C)c2)C1. The Labute approximate surface area is 178 Å². The number of likely N-dealkylation sites (N-methyl/N-ethyl adjacent to an activating group) is 1. The number of rotatable bonds is 7. The van der Waals surface area contributed by atoms with Crippen LogP contribution in [0, 0.1) is 0 Å². The number of ether oxygens (including phenoxy) is 1. The van der Waals surface area contributed by atoms with Crippen LogP contribution in [0.4, 0.5) is 0 Å². The lowest BCUT2D eigenvalue weighted by Gasteiger charge is -2.35. The summed E-state index contributed by atoms with van der Waals surface area (Å²) in [4.78, 5) is 9.93. The highest BCUT2D eigenvalue weighted by Gasteiger charge is 2.27. The van der Waals surface area contributed by atoms with E-state index in [1.807, 2.05) is 36.3 Å². The quantitative estimate of drug-likeness (QED) is 0.552. The molecule has 0 radical (unpaired) electrons. The summed E-state index contributed by atoms with van der Waals surface area (Å²) in [6.07, 6.45) is 9.02. The minimum Gasteiger partial charge on any atom is -0.469 e. The van der Waals surface area contributed by atoms with Crippen LogP contribution in [-0.2, 0) is 18.2 Å². The Balaban J connectivity index is 1.43. The Hall–Kier alpha value is -2.32. The maximum atomic E-state index is 6.03. The second kappa shape index (κ2) is 10.1. The standard InChI is InChI=1S/C22H34N6O2/c1-3-27-10-4-6-19(27)15-24-22(23-9-8-20-7-5-12-29-20)28-11-13-30-21(17-28)18-14-25-26(2)16-18/h5,7,12,14,16,19,21H,3-4,6,8-11,13,15,17H2,1-2H3,(H,23,24). The number of hydrogen-bond donors (Lipinski definition) is 1. The summed E-state index contributed by atoms with van der Waals surface area (Å²) in [6.45, 7) is 8.47. The molecule has 4 heterocycles. The van der Waals surface area contributed by atoms with Gasteiger partial charge in [-0.1, -0.05) is 6.92 Å². The van der Waals surface area contributed by atoms with Gasteiger partial charge in [0.2, 0.25) is 0 Å². The first-order valence-electron chi connectivity index (χ1n) is 11.1. The van der Waals surface area contributed by atoms with E-state index in [2.05, 4.69) is 27.1 Å². The van der Waals surface area contributed by atoms with Crippen molar-refractivity contribution in [2.24, 2.45) is 12.0 Å². The number of guanidine groups is 1. The molecular formula is C22H34N6O2. The van der Waals surface area contributed by atoms with Crippen LogP contribution in [0.5, 0.6) is 0 Å². The zero-order valence-corrected chi connectivity index (χ0v) is 18.2. The van der Waals surface area contributed by atoms with Gasteiger partial charge in [0, 0.05) is 44.4 Å². The van der Waals surface area contributed by atoms with Crippen LogP contribution in [0.15, 0.2) is 40.2 Å². The molecule has 0 spiro atoms. The molecule has 8 nitrogen and oxygen atoms in total. The van der Waals surface area contributed by atoms with Gasteiger partial charge in [0.05, 0.1) is 32.2 Å². The first-order chi connectivity index (χ1) is 14.7. The summed E-state index contributed by atoms with van der Waals surface area (Å²) in [5, 5.41) is 7.89. The van der Waals surface area contributed by atoms with E-state index in [0.717, 1.165) is 56.4 Å². The Bertz CT molecular complexity index is 802. The average molecular weight is 415 g/mol. The summed E-state index contributed by atoms with van der Waals surface area (Å²) in [6, 6.07) is 4.50. The molecule has 0 aromatic carbocycles. The van der Waals surface area contributed by atoms with Crippen molar-refractivity contribution in [2.75, 3.05) is 45.9 Å². The molecule has 0 bridgehead atoms. The predicted octanol–water partition coefficient (Wildman–Crippen LogP) is 2.06. The monoisotopic (exact) mass is 414 g/mol. The maximum absolute atomic E-state index is 6.03. The second-order valence-corrected chi connectivity index (χ2v) is 8.10. The van der Waals surface area contributed by atoms with Crippen molar-refractivity contribution in [2.45, 2.75) is 38.3 Å². The van der Waals surface area contributed by atoms with E-state index in [0.29, 0.717) is 12.6 Å². The third kappa shape index (κ3) is 5.23. The van der Waals surface area contributed by atoms with Gasteiger partial charge in [0.1, 0.15) is 11.9 Å². The van der Waals surface area contributed by atoms with E-state index in [-0.39, 0.29) is 6.10 Å². The fourth-order valence-corrected chi connectivity index (χ4v) is 4.38. The summed E-state index contributed by atoms with van der Waals surface area (Å²) in [7, 11) is 1.94. The molecule has 2 atom stereocenters. The smallest absolute Gasteiger partial charge is 0.194 e. The van der Waals surface area contributed by atoms with Crippen molar-refractivity contribution < 1.29 is 9.15 Å². The third-order valence-corrected chi connectivity index (χ3v) is 6.05. The van der Waals surface area contributed by atoms with Crippen LogP contribution < -0.4 is 5.32 Å². The number of likely N-dealkylation sites (tertiary alicyclic amines) is 1. The van der Waals surface area contributed by atoms with E-state index < -0.39 is 0 Å². The molecule has 2 saturated heterocycles. The highest BCUT2D eigenvalue weighted by atomic mass is 16.5. The van der Waals surface area contributed by atoms with Crippen molar-refractivity contribution in [3.8, 4) is 0 Å². The molecular weight excluding hydrogens is 380 g/mol. The number of aryl methyl sites for hydroxylation is 1. The van der Waals surface area contributed by atoms with E-state index in [4.69, 9.17) is 14.1 Å². The van der Waals surface area contributed by atoms with Gasteiger partial charge in [-0.2, -0.15) is 5.10 Å². The Kier molecular flexibility index (Phi) is 7.07. The largest absolute Gasteiger partial charge is 0.469 e. The maximum Gasteiger partial charge on any atom is 0.194 e. The molecule has 0 amide bonds. The summed E-state index contributed by atoms with van der Waals surface area (Å²) in [5.74, 6) is 1.96. The Morgan fingerprint density at radius 1 is 1.37 bits per heavy atom. The van der Waals surface area contributed by atoms with Crippen LogP contribution in [0.25, 0.3) is 0 Å². The molecule has 8 heteroatoms. The Morgan fingerprint density at radius 3 is 3.07 bits per heavy atom. The van der Waals surface area contributed by atoms with Crippen LogP contribution in [-0.4, -0.2) is 77.5 Å². The minimum atomic E-state index is 0.0168. The van der Waals surface area contributed by atoms with Gasteiger partial charge in [-0.3, -0.25) is 14.6 Å². The molecule has 2 aliphatic heterocycles. The number of furan rings is 1. The van der Waals surface area contributed by atoms with Crippen LogP contribution in [0.1, 0.15) is 37.2 Å². The third-order valence-electron chi connectivity index (χ3n) is 6.05. The van der Waals surface area contributed by atoms with Gasteiger partial charge in [-0.25, -0.2) is 0 Å².